The van der Waals surface area contributed by atoms with Crippen molar-refractivity contribution in [1.82, 2.24) is 0 Å². The lowest BCUT2D eigenvalue weighted by molar-refractivity contribution is 0.0954. The van der Waals surface area contributed by atoms with E-state index in [1.807, 2.05) is 0 Å². The summed E-state index contributed by atoms with van der Waals surface area (Å²) in [7, 11) is 0. The minimum atomic E-state index is 0.421. The van der Waals surface area contributed by atoms with E-state index in [0.29, 0.717) is 11.7 Å². The summed E-state index contributed by atoms with van der Waals surface area (Å²) < 4.78 is 0. The number of carbonyl (C=O) groups is 1. The number of rotatable bonds is 3. The molecular weight excluding hydrogens is 252 g/mol. The van der Waals surface area contributed by atoms with Gasteiger partial charge in [-0.05, 0) is 43.2 Å². The van der Waals surface area contributed by atoms with Crippen molar-refractivity contribution in [2.45, 2.75) is 70.6 Å². The maximum absolute atomic E-state index is 12.4. The third kappa shape index (κ3) is 3.28. The van der Waals surface area contributed by atoms with E-state index in [9.17, 15) is 4.79 Å². The summed E-state index contributed by atoms with van der Waals surface area (Å²) in [5.74, 6) is 1.09. The molecule has 3 rings (SSSR count). The van der Waals surface area contributed by atoms with Gasteiger partial charge in [-0.25, -0.2) is 0 Å². The lowest BCUT2D eigenvalue weighted by Gasteiger charge is -2.20. The van der Waals surface area contributed by atoms with E-state index in [-0.39, 0.29) is 0 Å². The van der Waals surface area contributed by atoms with Gasteiger partial charge in [-0.3, -0.25) is 4.79 Å². The largest absolute Gasteiger partial charge is 0.293 e. The fourth-order valence-corrected chi connectivity index (χ4v) is 4.76. The van der Waals surface area contributed by atoms with E-state index in [1.54, 1.807) is 11.3 Å². The number of carbonyl (C=O) groups excluding carboxylic acids is 1. The Labute approximate surface area is 120 Å². The van der Waals surface area contributed by atoms with Crippen LogP contribution in [0.1, 0.15) is 77.9 Å². The standard InChI is InChI=1S/C17H24OS/c18-15(11-13-7-3-1-4-8-13)17-12-14-9-5-2-6-10-16(14)19-17/h12-13H,1-11H2. The molecule has 0 unspecified atom stereocenters. The molecule has 0 saturated heterocycles. The van der Waals surface area contributed by atoms with Crippen molar-refractivity contribution in [3.8, 4) is 0 Å². The van der Waals surface area contributed by atoms with Gasteiger partial charge in [0.05, 0.1) is 4.88 Å². The van der Waals surface area contributed by atoms with E-state index in [0.717, 1.165) is 11.3 Å². The molecule has 1 aromatic heterocycles. The fraction of sp³-hybridized carbons (Fsp3) is 0.706. The second-order valence-electron chi connectivity index (χ2n) is 6.25. The van der Waals surface area contributed by atoms with Crippen molar-refractivity contribution in [2.24, 2.45) is 5.92 Å². The van der Waals surface area contributed by atoms with Gasteiger partial charge in [0.2, 0.25) is 0 Å². The molecule has 19 heavy (non-hydrogen) atoms. The van der Waals surface area contributed by atoms with Gasteiger partial charge < -0.3 is 0 Å². The number of hydrogen-bond acceptors (Lipinski definition) is 2. The Balaban J connectivity index is 1.66. The second kappa shape index (κ2) is 6.21. The van der Waals surface area contributed by atoms with Crippen molar-refractivity contribution in [1.29, 1.82) is 0 Å². The molecule has 0 aliphatic heterocycles. The molecule has 1 heterocycles. The summed E-state index contributed by atoms with van der Waals surface area (Å²) in [5, 5.41) is 0. The first kappa shape index (κ1) is 13.4. The Morgan fingerprint density at radius 2 is 1.79 bits per heavy atom. The highest BCUT2D eigenvalue weighted by Crippen LogP contribution is 2.32. The maximum atomic E-state index is 12.4. The van der Waals surface area contributed by atoms with Gasteiger partial charge in [0.25, 0.3) is 0 Å². The molecule has 1 aromatic rings. The maximum Gasteiger partial charge on any atom is 0.173 e. The molecule has 2 aliphatic carbocycles. The van der Waals surface area contributed by atoms with E-state index >= 15 is 0 Å². The molecule has 0 bridgehead atoms. The Morgan fingerprint density at radius 1 is 1.05 bits per heavy atom. The van der Waals surface area contributed by atoms with Gasteiger partial charge in [0, 0.05) is 11.3 Å². The third-order valence-corrected chi connectivity index (χ3v) is 6.00. The highest BCUT2D eigenvalue weighted by atomic mass is 32.1. The topological polar surface area (TPSA) is 17.1 Å². The van der Waals surface area contributed by atoms with Crippen molar-refractivity contribution < 1.29 is 4.79 Å². The molecule has 0 N–H and O–H groups in total. The number of hydrogen-bond donors (Lipinski definition) is 0. The van der Waals surface area contributed by atoms with Crippen LogP contribution in [-0.4, -0.2) is 5.78 Å². The zero-order chi connectivity index (χ0) is 13.1. The van der Waals surface area contributed by atoms with Crippen LogP contribution in [0, 0.1) is 5.92 Å². The molecule has 1 fully saturated rings. The Morgan fingerprint density at radius 3 is 2.63 bits per heavy atom. The zero-order valence-corrected chi connectivity index (χ0v) is 12.6. The first-order valence-corrected chi connectivity index (χ1v) is 8.79. The summed E-state index contributed by atoms with van der Waals surface area (Å²) >= 11 is 1.80. The van der Waals surface area contributed by atoms with Gasteiger partial charge >= 0.3 is 0 Å². The predicted octanol–water partition coefficient (Wildman–Crippen LogP) is 5.17. The van der Waals surface area contributed by atoms with Gasteiger partial charge in [0.15, 0.2) is 5.78 Å². The molecule has 0 radical (unpaired) electrons. The predicted molar refractivity (Wildman–Crippen MR) is 81.1 cm³/mol. The molecule has 0 aromatic carbocycles. The summed E-state index contributed by atoms with van der Waals surface area (Å²) in [4.78, 5) is 15.0. The molecule has 2 aliphatic rings. The van der Waals surface area contributed by atoms with E-state index in [4.69, 9.17) is 0 Å². The van der Waals surface area contributed by atoms with Gasteiger partial charge in [-0.2, -0.15) is 0 Å². The molecule has 0 spiro atoms. The van der Waals surface area contributed by atoms with Crippen molar-refractivity contribution in [3.05, 3.63) is 21.4 Å². The van der Waals surface area contributed by atoms with Crippen LogP contribution in [0.4, 0.5) is 0 Å². The van der Waals surface area contributed by atoms with E-state index < -0.39 is 0 Å². The first-order valence-electron chi connectivity index (χ1n) is 7.98. The fourth-order valence-electron chi connectivity index (χ4n) is 3.56. The molecule has 1 saturated carbocycles. The molecule has 1 nitrogen and oxygen atoms in total. The Bertz CT molecular complexity index is 417. The average molecular weight is 276 g/mol. The number of ketones is 1. The van der Waals surface area contributed by atoms with Gasteiger partial charge in [-0.15, -0.1) is 11.3 Å². The Kier molecular flexibility index (Phi) is 4.37. The average Bonchev–Trinajstić information content (AvgIpc) is 2.72. The van der Waals surface area contributed by atoms with Crippen LogP contribution in [0.25, 0.3) is 0 Å². The van der Waals surface area contributed by atoms with Crippen molar-refractivity contribution in [3.63, 3.8) is 0 Å². The summed E-state index contributed by atoms with van der Waals surface area (Å²) in [6.45, 7) is 0. The van der Waals surface area contributed by atoms with Crippen LogP contribution < -0.4 is 0 Å². The molecular formula is C17H24OS. The molecule has 104 valence electrons. The number of Topliss-reactive ketones (excluding diaryl/α,β-unsaturated/α-hetero) is 1. The molecule has 0 amide bonds. The monoisotopic (exact) mass is 276 g/mol. The van der Waals surface area contributed by atoms with Crippen LogP contribution in [0.15, 0.2) is 6.07 Å². The first-order chi connectivity index (χ1) is 9.33. The highest BCUT2D eigenvalue weighted by molar-refractivity contribution is 7.14. The highest BCUT2D eigenvalue weighted by Gasteiger charge is 2.21. The minimum Gasteiger partial charge on any atom is -0.293 e. The quantitative estimate of drug-likeness (QED) is 0.550. The SMILES string of the molecule is O=C(CC1CCCCC1)c1cc2c(s1)CCCCC2. The van der Waals surface area contributed by atoms with Crippen LogP contribution in [-0.2, 0) is 12.8 Å². The van der Waals surface area contributed by atoms with Crippen LogP contribution in [0.3, 0.4) is 0 Å². The minimum absolute atomic E-state index is 0.421. The smallest absolute Gasteiger partial charge is 0.173 e. The third-order valence-electron chi connectivity index (χ3n) is 4.72. The number of thiophene rings is 1. The van der Waals surface area contributed by atoms with Crippen LogP contribution in [0.2, 0.25) is 0 Å². The lowest BCUT2D eigenvalue weighted by Crippen LogP contribution is -2.11. The molecule has 2 heteroatoms. The summed E-state index contributed by atoms with van der Waals surface area (Å²) in [5.41, 5.74) is 1.48. The summed E-state index contributed by atoms with van der Waals surface area (Å²) in [6.07, 6.45) is 13.8. The van der Waals surface area contributed by atoms with Gasteiger partial charge in [-0.1, -0.05) is 38.5 Å². The summed E-state index contributed by atoms with van der Waals surface area (Å²) in [6, 6.07) is 2.22. The zero-order valence-electron chi connectivity index (χ0n) is 11.7. The van der Waals surface area contributed by atoms with Crippen LogP contribution >= 0.6 is 11.3 Å². The van der Waals surface area contributed by atoms with E-state index in [2.05, 4.69) is 6.07 Å². The second-order valence-corrected chi connectivity index (χ2v) is 7.39. The Hall–Kier alpha value is -0.630. The van der Waals surface area contributed by atoms with Gasteiger partial charge in [0.1, 0.15) is 0 Å². The van der Waals surface area contributed by atoms with E-state index in [1.165, 1.54) is 74.6 Å². The van der Waals surface area contributed by atoms with Crippen molar-refractivity contribution >= 4 is 17.1 Å². The van der Waals surface area contributed by atoms with Crippen molar-refractivity contribution in [2.75, 3.05) is 0 Å². The normalized spacial score (nSPS) is 20.8. The number of fused-ring (bicyclic) bond motifs is 1. The molecule has 0 atom stereocenters. The number of aryl methyl sites for hydroxylation is 2. The van der Waals surface area contributed by atoms with Crippen LogP contribution in [0.5, 0.6) is 0 Å². The lowest BCUT2D eigenvalue weighted by atomic mass is 9.85.